The lowest BCUT2D eigenvalue weighted by atomic mass is 10.0. The molecule has 20 heavy (non-hydrogen) atoms. The fraction of sp³-hybridized carbons (Fsp3) is 0.333. The molecule has 1 heterocycles. The maximum Gasteiger partial charge on any atom is 0.227 e. The number of hydrogen-bond donors (Lipinski definition) is 1. The number of halogens is 1. The molecule has 0 aliphatic carbocycles. The zero-order valence-electron chi connectivity index (χ0n) is 11.6. The van der Waals surface area contributed by atoms with Crippen LogP contribution in [0, 0.1) is 0 Å². The van der Waals surface area contributed by atoms with Gasteiger partial charge < -0.3 is 5.32 Å². The van der Waals surface area contributed by atoms with Gasteiger partial charge >= 0.3 is 0 Å². The molecule has 0 radical (unpaired) electrons. The summed E-state index contributed by atoms with van der Waals surface area (Å²) in [6.45, 7) is 2.55. The van der Waals surface area contributed by atoms with E-state index in [1.165, 1.54) is 0 Å². The van der Waals surface area contributed by atoms with Gasteiger partial charge in [0.15, 0.2) is 0 Å². The number of hydrogen-bond acceptors (Lipinski definition) is 2. The van der Waals surface area contributed by atoms with E-state index in [-0.39, 0.29) is 11.8 Å². The van der Waals surface area contributed by atoms with Gasteiger partial charge in [-0.3, -0.25) is 9.48 Å². The van der Waals surface area contributed by atoms with Crippen LogP contribution < -0.4 is 5.32 Å². The third kappa shape index (κ3) is 3.93. The second-order valence-electron chi connectivity index (χ2n) is 4.84. The average Bonchev–Trinajstić information content (AvgIpc) is 2.84. The Morgan fingerprint density at radius 3 is 2.70 bits per heavy atom. The molecule has 1 aromatic carbocycles. The number of aromatic nitrogens is 2. The van der Waals surface area contributed by atoms with Crippen LogP contribution in [-0.2, 0) is 18.3 Å². The van der Waals surface area contributed by atoms with Crippen LogP contribution in [0.15, 0.2) is 41.1 Å². The highest BCUT2D eigenvalue weighted by Gasteiger charge is 2.14. The van der Waals surface area contributed by atoms with Gasteiger partial charge in [0.2, 0.25) is 5.91 Å². The highest BCUT2D eigenvalue weighted by atomic mass is 79.9. The molecule has 1 amide bonds. The third-order valence-electron chi connectivity index (χ3n) is 3.23. The van der Waals surface area contributed by atoms with E-state index in [0.717, 1.165) is 22.0 Å². The number of aryl methyl sites for hydroxylation is 1. The Hall–Kier alpha value is -1.62. The summed E-state index contributed by atoms with van der Waals surface area (Å²) in [4.78, 5) is 12.1. The maximum atomic E-state index is 12.1. The number of amides is 1. The molecule has 2 aromatic rings. The van der Waals surface area contributed by atoms with Crippen LogP contribution >= 0.6 is 15.9 Å². The highest BCUT2D eigenvalue weighted by molar-refractivity contribution is 9.10. The molecule has 2 rings (SSSR count). The molecule has 0 aliphatic rings. The highest BCUT2D eigenvalue weighted by Crippen LogP contribution is 2.18. The molecule has 0 spiro atoms. The van der Waals surface area contributed by atoms with Crippen molar-refractivity contribution in [2.45, 2.75) is 19.3 Å². The van der Waals surface area contributed by atoms with Crippen LogP contribution in [0.3, 0.4) is 0 Å². The van der Waals surface area contributed by atoms with E-state index in [2.05, 4.69) is 26.3 Å². The van der Waals surface area contributed by atoms with E-state index in [4.69, 9.17) is 0 Å². The van der Waals surface area contributed by atoms with E-state index in [0.29, 0.717) is 6.54 Å². The van der Waals surface area contributed by atoms with Gasteiger partial charge in [-0.1, -0.05) is 28.1 Å². The molecule has 4 nitrogen and oxygen atoms in total. The van der Waals surface area contributed by atoms with Crippen molar-refractivity contribution in [3.63, 3.8) is 0 Å². The Labute approximate surface area is 127 Å². The van der Waals surface area contributed by atoms with E-state index in [1.54, 1.807) is 4.68 Å². The summed E-state index contributed by atoms with van der Waals surface area (Å²) < 4.78 is 2.78. The summed E-state index contributed by atoms with van der Waals surface area (Å²) in [7, 11) is 1.89. The van der Waals surface area contributed by atoms with Crippen LogP contribution in [-0.4, -0.2) is 22.2 Å². The zero-order valence-corrected chi connectivity index (χ0v) is 13.2. The second-order valence-corrected chi connectivity index (χ2v) is 5.75. The summed E-state index contributed by atoms with van der Waals surface area (Å²) in [6.07, 6.45) is 4.58. The summed E-state index contributed by atoms with van der Waals surface area (Å²) >= 11 is 3.39. The van der Waals surface area contributed by atoms with Crippen LogP contribution in [0.5, 0.6) is 0 Å². The molecule has 0 fully saturated rings. The molecule has 1 aromatic heterocycles. The number of carbonyl (C=O) groups is 1. The van der Waals surface area contributed by atoms with Crippen molar-refractivity contribution in [3.8, 4) is 0 Å². The van der Waals surface area contributed by atoms with Gasteiger partial charge in [-0.2, -0.15) is 5.10 Å². The minimum absolute atomic E-state index is 0.0520. The average molecular weight is 336 g/mol. The van der Waals surface area contributed by atoms with Gasteiger partial charge in [-0.15, -0.1) is 0 Å². The lowest BCUT2D eigenvalue weighted by Crippen LogP contribution is -2.29. The van der Waals surface area contributed by atoms with Gasteiger partial charge in [0, 0.05) is 24.3 Å². The predicted octanol–water partition coefficient (Wildman–Crippen LogP) is 2.65. The quantitative estimate of drug-likeness (QED) is 0.912. The Morgan fingerprint density at radius 1 is 1.40 bits per heavy atom. The first-order chi connectivity index (χ1) is 9.56. The van der Waals surface area contributed by atoms with Crippen molar-refractivity contribution in [2.24, 2.45) is 7.05 Å². The van der Waals surface area contributed by atoms with Crippen molar-refractivity contribution < 1.29 is 4.79 Å². The number of carbonyl (C=O) groups excluding carboxylic acids is 1. The molecule has 0 saturated carbocycles. The summed E-state index contributed by atoms with van der Waals surface area (Å²) in [6, 6.07) is 7.84. The van der Waals surface area contributed by atoms with Gasteiger partial charge in [0.05, 0.1) is 12.1 Å². The molecule has 5 heteroatoms. The van der Waals surface area contributed by atoms with E-state index in [9.17, 15) is 4.79 Å². The first-order valence-electron chi connectivity index (χ1n) is 6.57. The van der Waals surface area contributed by atoms with E-state index < -0.39 is 0 Å². The fourth-order valence-electron chi connectivity index (χ4n) is 1.99. The number of nitrogens with zero attached hydrogens (tertiary/aromatic N) is 2. The zero-order chi connectivity index (χ0) is 14.5. The van der Waals surface area contributed by atoms with Crippen LogP contribution in [0.2, 0.25) is 0 Å². The molecule has 1 atom stereocenters. The number of benzene rings is 1. The topological polar surface area (TPSA) is 46.9 Å². The summed E-state index contributed by atoms with van der Waals surface area (Å²) in [5, 5.41) is 7.07. The van der Waals surface area contributed by atoms with Crippen LogP contribution in [0.1, 0.15) is 24.0 Å². The monoisotopic (exact) mass is 335 g/mol. The lowest BCUT2D eigenvalue weighted by Gasteiger charge is -2.12. The van der Waals surface area contributed by atoms with Crippen molar-refractivity contribution in [1.29, 1.82) is 0 Å². The molecule has 1 unspecified atom stereocenters. The van der Waals surface area contributed by atoms with Gasteiger partial charge in [0.25, 0.3) is 0 Å². The molecule has 0 saturated heterocycles. The van der Waals surface area contributed by atoms with Crippen molar-refractivity contribution in [2.75, 3.05) is 6.54 Å². The third-order valence-corrected chi connectivity index (χ3v) is 3.76. The van der Waals surface area contributed by atoms with Gasteiger partial charge in [-0.05, 0) is 36.6 Å². The Morgan fingerprint density at radius 2 is 2.10 bits per heavy atom. The molecule has 1 N–H and O–H groups in total. The summed E-state index contributed by atoms with van der Waals surface area (Å²) in [5.41, 5.74) is 2.15. The standard InChI is InChI=1S/C15H18BrN3O/c1-11(13-3-5-14(16)6-4-13)15(20)17-8-7-12-9-18-19(2)10-12/h3-6,9-11H,7-8H2,1-2H3,(H,17,20). The number of rotatable bonds is 5. The van der Waals surface area contributed by atoms with E-state index >= 15 is 0 Å². The Balaban J connectivity index is 1.83. The van der Waals surface area contributed by atoms with E-state index in [1.807, 2.05) is 50.6 Å². The fourth-order valence-corrected chi connectivity index (χ4v) is 2.25. The van der Waals surface area contributed by atoms with Crippen molar-refractivity contribution in [3.05, 3.63) is 52.3 Å². The van der Waals surface area contributed by atoms with Gasteiger partial charge in [0.1, 0.15) is 0 Å². The lowest BCUT2D eigenvalue weighted by molar-refractivity contribution is -0.122. The SMILES string of the molecule is CC(C(=O)NCCc1cnn(C)c1)c1ccc(Br)cc1. The van der Waals surface area contributed by atoms with Crippen molar-refractivity contribution >= 4 is 21.8 Å². The molecular formula is C15H18BrN3O. The minimum Gasteiger partial charge on any atom is -0.355 e. The Bertz CT molecular complexity index is 577. The minimum atomic E-state index is -0.142. The molecule has 0 bridgehead atoms. The smallest absolute Gasteiger partial charge is 0.227 e. The summed E-state index contributed by atoms with van der Waals surface area (Å²) in [5.74, 6) is -0.0896. The molecule has 0 aliphatic heterocycles. The molecule has 106 valence electrons. The Kier molecular flexibility index (Phi) is 4.95. The number of nitrogens with one attached hydrogen (secondary N) is 1. The predicted molar refractivity (Wildman–Crippen MR) is 82.5 cm³/mol. The van der Waals surface area contributed by atoms with Crippen LogP contribution in [0.4, 0.5) is 0 Å². The maximum absolute atomic E-state index is 12.1. The molecular weight excluding hydrogens is 318 g/mol. The first kappa shape index (κ1) is 14.8. The first-order valence-corrected chi connectivity index (χ1v) is 7.36. The van der Waals surface area contributed by atoms with Gasteiger partial charge in [-0.25, -0.2) is 0 Å². The normalized spacial score (nSPS) is 12.2. The second kappa shape index (κ2) is 6.70. The largest absolute Gasteiger partial charge is 0.355 e. The van der Waals surface area contributed by atoms with Crippen LogP contribution in [0.25, 0.3) is 0 Å². The van der Waals surface area contributed by atoms with Crippen molar-refractivity contribution in [1.82, 2.24) is 15.1 Å².